The van der Waals surface area contributed by atoms with E-state index in [0.717, 1.165) is 30.8 Å². The maximum Gasteiger partial charge on any atom is 0.224 e. The summed E-state index contributed by atoms with van der Waals surface area (Å²) in [4.78, 5) is 30.6. The number of hydrogen-bond acceptors (Lipinski definition) is 6. The van der Waals surface area contributed by atoms with E-state index in [2.05, 4.69) is 20.6 Å². The molecule has 2 amide bonds. The van der Waals surface area contributed by atoms with Gasteiger partial charge in [0.25, 0.3) is 0 Å². The van der Waals surface area contributed by atoms with Gasteiger partial charge in [0.15, 0.2) is 0 Å². The van der Waals surface area contributed by atoms with E-state index in [1.165, 1.54) is 0 Å². The summed E-state index contributed by atoms with van der Waals surface area (Å²) in [6.45, 7) is 7.30. The lowest BCUT2D eigenvalue weighted by molar-refractivity contribution is -0.153. The Kier molecular flexibility index (Phi) is 6.35. The molecule has 4 heterocycles. The van der Waals surface area contributed by atoms with Crippen LogP contribution in [-0.2, 0) is 40.6 Å². The number of ether oxygens (including phenoxy) is 1. The standard InChI is InChI=1S/C21H31N7O3/c1-16(2)10-19(29)23-11-17-18-12-31-21(14-28(18)25-24-17)5-3-7-27(13-21)20(30)4-8-26-9-6-22-15-26/h6,9,15-16H,3-5,7-8,10-14H2,1-2H3,(H,23,29). The lowest BCUT2D eigenvalue weighted by Crippen LogP contribution is -2.55. The van der Waals surface area contributed by atoms with Crippen LogP contribution >= 0.6 is 0 Å². The lowest BCUT2D eigenvalue weighted by Gasteiger charge is -2.44. The van der Waals surface area contributed by atoms with E-state index in [-0.39, 0.29) is 11.8 Å². The molecule has 1 saturated heterocycles. The SMILES string of the molecule is CC(C)CC(=O)NCc1nnn2c1COC1(CCCN(C(=O)CCn3ccnc3)C1)C2. The van der Waals surface area contributed by atoms with E-state index in [0.29, 0.717) is 51.5 Å². The van der Waals surface area contributed by atoms with Crippen molar-refractivity contribution in [3.05, 3.63) is 30.1 Å². The van der Waals surface area contributed by atoms with Gasteiger partial charge in [-0.25, -0.2) is 9.67 Å². The third-order valence-corrected chi connectivity index (χ3v) is 5.95. The van der Waals surface area contributed by atoms with Crippen molar-refractivity contribution in [2.24, 2.45) is 5.92 Å². The van der Waals surface area contributed by atoms with Gasteiger partial charge in [-0.3, -0.25) is 9.59 Å². The molecule has 0 aromatic carbocycles. The number of fused-ring (bicyclic) bond motifs is 1. The first-order valence-electron chi connectivity index (χ1n) is 11.0. The molecule has 0 saturated carbocycles. The number of piperidine rings is 1. The second-order valence-corrected chi connectivity index (χ2v) is 8.96. The molecule has 0 radical (unpaired) electrons. The van der Waals surface area contributed by atoms with Gasteiger partial charge in [-0.1, -0.05) is 19.1 Å². The molecule has 168 valence electrons. The van der Waals surface area contributed by atoms with Gasteiger partial charge in [-0.15, -0.1) is 5.10 Å². The Morgan fingerprint density at radius 1 is 1.32 bits per heavy atom. The number of carbonyl (C=O) groups excluding carboxylic acids is 2. The second-order valence-electron chi connectivity index (χ2n) is 8.96. The Morgan fingerprint density at radius 2 is 2.19 bits per heavy atom. The Bertz CT molecular complexity index is 908. The molecular weight excluding hydrogens is 398 g/mol. The molecule has 4 rings (SSSR count). The molecule has 2 aromatic heterocycles. The summed E-state index contributed by atoms with van der Waals surface area (Å²) in [5, 5.41) is 11.5. The van der Waals surface area contributed by atoms with Crippen LogP contribution < -0.4 is 5.32 Å². The van der Waals surface area contributed by atoms with Gasteiger partial charge < -0.3 is 19.5 Å². The lowest BCUT2D eigenvalue weighted by atomic mass is 9.91. The molecule has 1 atom stereocenters. The van der Waals surface area contributed by atoms with Gasteiger partial charge >= 0.3 is 0 Å². The van der Waals surface area contributed by atoms with Crippen molar-refractivity contribution in [1.29, 1.82) is 0 Å². The number of nitrogens with one attached hydrogen (secondary N) is 1. The highest BCUT2D eigenvalue weighted by Gasteiger charge is 2.42. The van der Waals surface area contributed by atoms with Crippen LogP contribution in [0.4, 0.5) is 0 Å². The van der Waals surface area contributed by atoms with Crippen molar-refractivity contribution < 1.29 is 14.3 Å². The number of likely N-dealkylation sites (tertiary alicyclic amines) is 1. The number of aryl methyl sites for hydroxylation is 1. The van der Waals surface area contributed by atoms with Gasteiger partial charge in [0.05, 0.1) is 38.3 Å². The largest absolute Gasteiger partial charge is 0.365 e. The van der Waals surface area contributed by atoms with Crippen LogP contribution in [0.2, 0.25) is 0 Å². The van der Waals surface area contributed by atoms with E-state index in [1.54, 1.807) is 12.5 Å². The zero-order valence-corrected chi connectivity index (χ0v) is 18.3. The summed E-state index contributed by atoms with van der Waals surface area (Å²) in [6.07, 6.45) is 8.04. The van der Waals surface area contributed by atoms with Crippen LogP contribution in [0.5, 0.6) is 0 Å². The fourth-order valence-corrected chi connectivity index (χ4v) is 4.32. The van der Waals surface area contributed by atoms with Crippen LogP contribution in [0, 0.1) is 5.92 Å². The first kappa shape index (κ1) is 21.5. The topological polar surface area (TPSA) is 107 Å². The van der Waals surface area contributed by atoms with Crippen LogP contribution in [-0.4, -0.2) is 59.9 Å². The maximum absolute atomic E-state index is 12.8. The highest BCUT2D eigenvalue weighted by Crippen LogP contribution is 2.32. The van der Waals surface area contributed by atoms with Gasteiger partial charge in [0, 0.05) is 38.3 Å². The Hall–Kier alpha value is -2.75. The molecule has 10 heteroatoms. The second kappa shape index (κ2) is 9.17. The average Bonchev–Trinajstić information content (AvgIpc) is 3.39. The smallest absolute Gasteiger partial charge is 0.224 e. The van der Waals surface area contributed by atoms with Crippen LogP contribution in [0.3, 0.4) is 0 Å². The Balaban J connectivity index is 1.34. The molecule has 0 aliphatic carbocycles. The first-order valence-corrected chi connectivity index (χ1v) is 11.0. The summed E-state index contributed by atoms with van der Waals surface area (Å²) in [5.41, 5.74) is 1.22. The summed E-state index contributed by atoms with van der Waals surface area (Å²) in [6, 6.07) is 0. The van der Waals surface area contributed by atoms with E-state index in [9.17, 15) is 9.59 Å². The number of hydrogen-bond donors (Lipinski definition) is 1. The minimum absolute atomic E-state index is 0.0158. The molecule has 2 aromatic rings. The number of nitrogens with zero attached hydrogens (tertiary/aromatic N) is 6. The Labute approximate surface area is 181 Å². The molecule has 1 N–H and O–H groups in total. The molecule has 10 nitrogen and oxygen atoms in total. The quantitative estimate of drug-likeness (QED) is 0.707. The predicted molar refractivity (Wildman–Crippen MR) is 112 cm³/mol. The number of aromatic nitrogens is 5. The van der Waals surface area contributed by atoms with E-state index in [4.69, 9.17) is 4.74 Å². The molecule has 0 bridgehead atoms. The third-order valence-electron chi connectivity index (χ3n) is 5.95. The minimum atomic E-state index is -0.429. The fraction of sp³-hybridized carbons (Fsp3) is 0.667. The van der Waals surface area contributed by atoms with Gasteiger partial charge in [0.2, 0.25) is 11.8 Å². The molecule has 31 heavy (non-hydrogen) atoms. The van der Waals surface area contributed by atoms with Crippen molar-refractivity contribution in [2.75, 3.05) is 13.1 Å². The molecule has 1 unspecified atom stereocenters. The van der Waals surface area contributed by atoms with Crippen molar-refractivity contribution in [3.8, 4) is 0 Å². The van der Waals surface area contributed by atoms with Crippen LogP contribution in [0.25, 0.3) is 0 Å². The average molecular weight is 430 g/mol. The molecule has 2 aliphatic heterocycles. The summed E-state index contributed by atoms with van der Waals surface area (Å²) in [7, 11) is 0. The van der Waals surface area contributed by atoms with E-state index < -0.39 is 5.60 Å². The molecule has 1 spiro atoms. The minimum Gasteiger partial charge on any atom is -0.365 e. The molecule has 1 fully saturated rings. The fourth-order valence-electron chi connectivity index (χ4n) is 4.32. The van der Waals surface area contributed by atoms with Gasteiger partial charge in [-0.2, -0.15) is 0 Å². The highest BCUT2D eigenvalue weighted by molar-refractivity contribution is 5.76. The van der Waals surface area contributed by atoms with Crippen molar-refractivity contribution in [3.63, 3.8) is 0 Å². The van der Waals surface area contributed by atoms with E-state index in [1.807, 2.05) is 34.2 Å². The molecular formula is C21H31N7O3. The monoisotopic (exact) mass is 429 g/mol. The number of amides is 2. The predicted octanol–water partition coefficient (Wildman–Crippen LogP) is 1.12. The summed E-state index contributed by atoms with van der Waals surface area (Å²) >= 11 is 0. The summed E-state index contributed by atoms with van der Waals surface area (Å²) in [5.74, 6) is 0.463. The number of imidazole rings is 1. The normalized spacial score (nSPS) is 20.8. The van der Waals surface area contributed by atoms with Gasteiger partial charge in [0.1, 0.15) is 11.3 Å². The zero-order valence-electron chi connectivity index (χ0n) is 18.3. The summed E-state index contributed by atoms with van der Waals surface area (Å²) < 4.78 is 10.1. The molecule has 2 aliphatic rings. The zero-order chi connectivity index (χ0) is 21.8. The first-order chi connectivity index (χ1) is 14.9. The highest BCUT2D eigenvalue weighted by atomic mass is 16.5. The number of carbonyl (C=O) groups is 2. The van der Waals surface area contributed by atoms with Crippen molar-refractivity contribution in [2.45, 2.75) is 71.4 Å². The van der Waals surface area contributed by atoms with Crippen molar-refractivity contribution >= 4 is 11.8 Å². The van der Waals surface area contributed by atoms with Crippen LogP contribution in [0.1, 0.15) is 50.9 Å². The number of rotatable bonds is 7. The van der Waals surface area contributed by atoms with Crippen molar-refractivity contribution in [1.82, 2.24) is 34.8 Å². The maximum atomic E-state index is 12.8. The Morgan fingerprint density at radius 3 is 2.97 bits per heavy atom. The van der Waals surface area contributed by atoms with Gasteiger partial charge in [-0.05, 0) is 18.8 Å². The third kappa shape index (κ3) is 5.12. The van der Waals surface area contributed by atoms with Crippen LogP contribution in [0.15, 0.2) is 18.7 Å². The van der Waals surface area contributed by atoms with E-state index >= 15 is 0 Å².